The predicted molar refractivity (Wildman–Crippen MR) is 64.5 cm³/mol. The van der Waals surface area contributed by atoms with Crippen LogP contribution in [-0.2, 0) is 0 Å². The first-order chi connectivity index (χ1) is 7.08. The largest absolute Gasteiger partial charge is 0.327 e. The van der Waals surface area contributed by atoms with Crippen molar-refractivity contribution in [3.8, 4) is 0 Å². The average molecular weight is 225 g/mol. The molecular weight excluding hydrogens is 209 g/mol. The van der Waals surface area contributed by atoms with E-state index >= 15 is 0 Å². The Morgan fingerprint density at radius 1 is 1.47 bits per heavy atom. The minimum absolute atomic E-state index is 0.123. The van der Waals surface area contributed by atoms with E-state index in [0.29, 0.717) is 0 Å². The summed E-state index contributed by atoms with van der Waals surface area (Å²) in [6.45, 7) is 5.80. The van der Waals surface area contributed by atoms with Crippen molar-refractivity contribution >= 4 is 11.8 Å². The minimum Gasteiger partial charge on any atom is -0.327 e. The summed E-state index contributed by atoms with van der Waals surface area (Å²) in [5.74, 6) is 0.629. The Labute approximate surface area is 94.6 Å². The van der Waals surface area contributed by atoms with Gasteiger partial charge in [-0.3, -0.25) is 0 Å². The van der Waals surface area contributed by atoms with E-state index in [4.69, 9.17) is 5.73 Å². The van der Waals surface area contributed by atoms with Crippen LogP contribution in [0.2, 0.25) is 0 Å². The van der Waals surface area contributed by atoms with Gasteiger partial charge in [0.15, 0.2) is 0 Å². The van der Waals surface area contributed by atoms with Crippen LogP contribution in [0.3, 0.4) is 0 Å². The number of benzene rings is 1. The molecule has 2 N–H and O–H groups in total. The third kappa shape index (κ3) is 5.00. The van der Waals surface area contributed by atoms with E-state index in [1.165, 1.54) is 12.1 Å². The van der Waals surface area contributed by atoms with Crippen molar-refractivity contribution in [3.63, 3.8) is 0 Å². The van der Waals surface area contributed by atoms with Crippen LogP contribution >= 0.6 is 11.8 Å². The average Bonchev–Trinajstić information content (AvgIpc) is 2.16. The predicted octanol–water partition coefficient (Wildman–Crippen LogP) is 3.21. The zero-order valence-electron chi connectivity index (χ0n) is 8.87. The fourth-order valence-electron chi connectivity index (χ4n) is 1.24. The summed E-state index contributed by atoms with van der Waals surface area (Å²) in [4.78, 5) is 1.05. The van der Waals surface area contributed by atoms with Gasteiger partial charge in [-0.2, -0.15) is 0 Å². The van der Waals surface area contributed by atoms with Gasteiger partial charge in [-0.05, 0) is 37.6 Å². The highest BCUT2D eigenvalue weighted by molar-refractivity contribution is 7.99. The van der Waals surface area contributed by atoms with Crippen LogP contribution in [0.5, 0.6) is 0 Å². The summed E-state index contributed by atoms with van der Waals surface area (Å²) in [5.41, 5.74) is 7.00. The monoisotopic (exact) mass is 225 g/mol. The Morgan fingerprint density at radius 3 is 2.60 bits per heavy atom. The summed E-state index contributed by atoms with van der Waals surface area (Å²) >= 11 is 1.65. The minimum atomic E-state index is -0.203. The second kappa shape index (κ2) is 5.93. The van der Waals surface area contributed by atoms with E-state index in [1.54, 1.807) is 23.9 Å². The van der Waals surface area contributed by atoms with Gasteiger partial charge >= 0.3 is 0 Å². The molecule has 15 heavy (non-hydrogen) atoms. The quantitative estimate of drug-likeness (QED) is 0.615. The molecule has 3 heteroatoms. The van der Waals surface area contributed by atoms with Gasteiger partial charge in [-0.25, -0.2) is 4.39 Å². The molecule has 0 spiro atoms. The Morgan fingerprint density at radius 2 is 2.07 bits per heavy atom. The molecular formula is C12H16FNS. The first-order valence-corrected chi connectivity index (χ1v) is 5.85. The Bertz CT molecular complexity index is 321. The molecule has 1 atom stereocenters. The van der Waals surface area contributed by atoms with Crippen molar-refractivity contribution in [2.24, 2.45) is 5.73 Å². The molecule has 0 saturated heterocycles. The van der Waals surface area contributed by atoms with Gasteiger partial charge in [-0.15, -0.1) is 18.3 Å². The Hall–Kier alpha value is -0.800. The van der Waals surface area contributed by atoms with Gasteiger partial charge in [0, 0.05) is 16.7 Å². The van der Waals surface area contributed by atoms with Crippen LogP contribution < -0.4 is 5.73 Å². The van der Waals surface area contributed by atoms with Crippen LogP contribution in [0.15, 0.2) is 41.3 Å². The number of thioether (sulfide) groups is 1. The van der Waals surface area contributed by atoms with E-state index in [2.05, 4.69) is 6.58 Å². The zero-order valence-corrected chi connectivity index (χ0v) is 9.69. The smallest absolute Gasteiger partial charge is 0.123 e. The standard InChI is InChI=1S/C12H16FNS/c1-9(2)7-11(14)8-15-12-5-3-10(13)4-6-12/h3-6,11H,1,7-8,14H2,2H3. The van der Waals surface area contributed by atoms with Crippen molar-refractivity contribution in [3.05, 3.63) is 42.2 Å². The molecule has 0 radical (unpaired) electrons. The molecule has 0 fully saturated rings. The maximum atomic E-state index is 12.6. The summed E-state index contributed by atoms with van der Waals surface area (Å²) in [5, 5.41) is 0. The molecule has 0 bridgehead atoms. The highest BCUT2D eigenvalue weighted by Gasteiger charge is 2.03. The SMILES string of the molecule is C=C(C)CC(N)CSc1ccc(F)cc1. The third-order valence-corrected chi connectivity index (χ3v) is 3.09. The lowest BCUT2D eigenvalue weighted by Crippen LogP contribution is -2.22. The Kier molecular flexibility index (Phi) is 4.85. The van der Waals surface area contributed by atoms with Crippen LogP contribution in [-0.4, -0.2) is 11.8 Å². The zero-order chi connectivity index (χ0) is 11.3. The summed E-state index contributed by atoms with van der Waals surface area (Å²) < 4.78 is 12.6. The molecule has 1 aromatic rings. The maximum Gasteiger partial charge on any atom is 0.123 e. The molecule has 1 nitrogen and oxygen atoms in total. The molecule has 0 aliphatic heterocycles. The summed E-state index contributed by atoms with van der Waals surface area (Å²) in [6, 6.07) is 6.60. The molecule has 0 aliphatic rings. The lowest BCUT2D eigenvalue weighted by atomic mass is 10.1. The fourth-order valence-corrected chi connectivity index (χ4v) is 2.09. The molecule has 1 unspecified atom stereocenters. The molecule has 0 aliphatic carbocycles. The van der Waals surface area contributed by atoms with Gasteiger partial charge in [0.05, 0.1) is 0 Å². The maximum absolute atomic E-state index is 12.6. The molecule has 0 saturated carbocycles. The lowest BCUT2D eigenvalue weighted by molar-refractivity contribution is 0.626. The molecule has 0 amide bonds. The number of nitrogens with two attached hydrogens (primary N) is 1. The van der Waals surface area contributed by atoms with Crippen LogP contribution in [0.25, 0.3) is 0 Å². The normalized spacial score (nSPS) is 12.5. The van der Waals surface area contributed by atoms with Crippen LogP contribution in [0.1, 0.15) is 13.3 Å². The topological polar surface area (TPSA) is 26.0 Å². The van der Waals surface area contributed by atoms with Crippen molar-refractivity contribution < 1.29 is 4.39 Å². The molecule has 82 valence electrons. The fraction of sp³-hybridized carbons (Fsp3) is 0.333. The van der Waals surface area contributed by atoms with Crippen LogP contribution in [0.4, 0.5) is 4.39 Å². The van der Waals surface area contributed by atoms with Crippen molar-refractivity contribution in [2.45, 2.75) is 24.3 Å². The first-order valence-electron chi connectivity index (χ1n) is 4.86. The Balaban J connectivity index is 2.36. The van der Waals surface area contributed by atoms with Gasteiger partial charge in [0.2, 0.25) is 0 Å². The second-order valence-electron chi connectivity index (χ2n) is 3.69. The number of hydrogen-bond donors (Lipinski definition) is 1. The summed E-state index contributed by atoms with van der Waals surface area (Å²) in [6.07, 6.45) is 0.841. The van der Waals surface area contributed by atoms with Crippen LogP contribution in [0, 0.1) is 5.82 Å². The molecule has 0 heterocycles. The van der Waals surface area contributed by atoms with Crippen molar-refractivity contribution in [1.82, 2.24) is 0 Å². The van der Waals surface area contributed by atoms with Crippen molar-refractivity contribution in [2.75, 3.05) is 5.75 Å². The highest BCUT2D eigenvalue weighted by Crippen LogP contribution is 2.19. The van der Waals surface area contributed by atoms with E-state index in [1.807, 2.05) is 6.92 Å². The van der Waals surface area contributed by atoms with Gasteiger partial charge in [0.1, 0.15) is 5.82 Å². The van der Waals surface area contributed by atoms with E-state index in [0.717, 1.165) is 22.6 Å². The highest BCUT2D eigenvalue weighted by atomic mass is 32.2. The lowest BCUT2D eigenvalue weighted by Gasteiger charge is -2.10. The van der Waals surface area contributed by atoms with Gasteiger partial charge < -0.3 is 5.73 Å². The number of rotatable bonds is 5. The van der Waals surface area contributed by atoms with E-state index < -0.39 is 0 Å². The molecule has 0 aromatic heterocycles. The molecule has 1 aromatic carbocycles. The van der Waals surface area contributed by atoms with Gasteiger partial charge in [0.25, 0.3) is 0 Å². The summed E-state index contributed by atoms with van der Waals surface area (Å²) in [7, 11) is 0. The van der Waals surface area contributed by atoms with E-state index in [-0.39, 0.29) is 11.9 Å². The number of halogens is 1. The molecule has 1 rings (SSSR count). The number of hydrogen-bond acceptors (Lipinski definition) is 2. The second-order valence-corrected chi connectivity index (χ2v) is 4.78. The van der Waals surface area contributed by atoms with Gasteiger partial charge in [-0.1, -0.05) is 5.57 Å². The van der Waals surface area contributed by atoms with Crippen molar-refractivity contribution in [1.29, 1.82) is 0 Å². The third-order valence-electron chi connectivity index (χ3n) is 1.89. The first kappa shape index (κ1) is 12.3. The van der Waals surface area contributed by atoms with E-state index in [9.17, 15) is 4.39 Å².